The zero-order chi connectivity index (χ0) is 23.6. The summed E-state index contributed by atoms with van der Waals surface area (Å²) in [5, 5.41) is 42.5. The van der Waals surface area contributed by atoms with Crippen LogP contribution in [0.25, 0.3) is 10.9 Å². The smallest absolute Gasteiger partial charge is 0.328 e. The molecule has 0 aliphatic carbocycles. The normalized spacial score (nSPS) is 9.74. The zero-order valence-corrected chi connectivity index (χ0v) is 16.8. The lowest BCUT2D eigenvalue weighted by atomic mass is 10.1. The van der Waals surface area contributed by atoms with Gasteiger partial charge in [-0.3, -0.25) is 4.98 Å². The molecule has 0 fully saturated rings. The Morgan fingerprint density at radius 2 is 1.77 bits per heavy atom. The zero-order valence-electron chi connectivity index (χ0n) is 16.8. The Bertz CT molecular complexity index is 852. The molecular weight excluding hydrogens is 414 g/mol. The van der Waals surface area contributed by atoms with Gasteiger partial charge in [0.1, 0.15) is 5.75 Å². The first kappa shape index (κ1) is 27.1. The van der Waals surface area contributed by atoms with Gasteiger partial charge in [-0.15, -0.1) is 10.1 Å². The number of methoxy groups -OCH3 is 1. The summed E-state index contributed by atoms with van der Waals surface area (Å²) < 4.78 is 5.25. The van der Waals surface area contributed by atoms with Crippen molar-refractivity contribution in [3.63, 3.8) is 0 Å². The Labute approximate surface area is 177 Å². The second-order valence-electron chi connectivity index (χ2n) is 5.70. The van der Waals surface area contributed by atoms with Crippen LogP contribution in [0.3, 0.4) is 0 Å². The molecule has 0 radical (unpaired) electrons. The number of carboxylic acids is 2. The highest BCUT2D eigenvalue weighted by atomic mass is 16.9. The molecule has 2 rings (SSSR count). The van der Waals surface area contributed by atoms with Crippen molar-refractivity contribution in [3.8, 4) is 5.75 Å². The molecule has 12 nitrogen and oxygen atoms in total. The Kier molecular flexibility index (Phi) is 13.9. The predicted molar refractivity (Wildman–Crippen MR) is 111 cm³/mol. The van der Waals surface area contributed by atoms with Crippen LogP contribution in [0.15, 0.2) is 42.6 Å². The van der Waals surface area contributed by atoms with E-state index in [2.05, 4.69) is 10.3 Å². The molecule has 5 N–H and O–H groups in total. The first-order valence-electron chi connectivity index (χ1n) is 8.96. The molecule has 170 valence electrons. The number of rotatable bonds is 9. The number of ether oxygens (including phenoxy) is 1. The maximum Gasteiger partial charge on any atom is 0.328 e. The summed E-state index contributed by atoms with van der Waals surface area (Å²) in [6, 6.07) is 7.86. The summed E-state index contributed by atoms with van der Waals surface area (Å²) in [6.07, 6.45) is 5.88. The number of aliphatic hydroxyl groups is 1. The van der Waals surface area contributed by atoms with Crippen molar-refractivity contribution >= 4 is 28.5 Å². The third-order valence-electron chi connectivity index (χ3n) is 3.47. The minimum atomic E-state index is -1.50. The lowest BCUT2D eigenvalue weighted by Crippen LogP contribution is -2.02. The summed E-state index contributed by atoms with van der Waals surface area (Å²) in [6.45, 7) is 1.17. The highest BCUT2D eigenvalue weighted by molar-refractivity contribution is 5.92. The summed E-state index contributed by atoms with van der Waals surface area (Å²) in [4.78, 5) is 31.8. The van der Waals surface area contributed by atoms with Crippen molar-refractivity contribution in [3.05, 3.63) is 52.7 Å². The third-order valence-corrected chi connectivity index (χ3v) is 3.47. The van der Waals surface area contributed by atoms with E-state index >= 15 is 0 Å². The minimum absolute atomic E-state index is 0.273. The number of anilines is 1. The number of pyridine rings is 1. The van der Waals surface area contributed by atoms with Crippen LogP contribution in [-0.2, 0) is 9.59 Å². The van der Waals surface area contributed by atoms with E-state index in [1.54, 1.807) is 7.11 Å². The van der Waals surface area contributed by atoms with E-state index in [1.807, 2.05) is 30.5 Å². The Morgan fingerprint density at radius 3 is 2.29 bits per heavy atom. The summed E-state index contributed by atoms with van der Waals surface area (Å²) >= 11 is 0. The van der Waals surface area contributed by atoms with Gasteiger partial charge in [-0.05, 0) is 43.5 Å². The first-order chi connectivity index (χ1) is 14.7. The number of unbranched alkanes of at least 4 members (excludes halogenated alkanes) is 2. The van der Waals surface area contributed by atoms with E-state index in [4.69, 9.17) is 35.4 Å². The Hall–Kier alpha value is -3.93. The van der Waals surface area contributed by atoms with Crippen LogP contribution in [0.4, 0.5) is 5.69 Å². The number of aromatic nitrogens is 1. The van der Waals surface area contributed by atoms with Gasteiger partial charge >= 0.3 is 11.9 Å². The number of benzene rings is 1. The largest absolute Gasteiger partial charge is 0.497 e. The quantitative estimate of drug-likeness (QED) is 0.166. The van der Waals surface area contributed by atoms with Gasteiger partial charge in [-0.1, -0.05) is 0 Å². The standard InChI is InChI=1S/C15H20N2O2.C4H4O4.HNO3/c1-19-12-5-6-14-13(11-12)15(7-9-17-14)16-8-3-2-4-10-18;5-3(6)1-2-4(7)8;2-1(3)4/h5-7,9,11,18H,2-4,8,10H2,1H3,(H,16,17);1-2H,(H,5,6)(H,7,8);(H,2,3,4)/b;2-1-;. The SMILES string of the molecule is COc1ccc2nccc(NCCCCCO)c2c1.O=C(O)/C=C\C(=O)O.O=[N+]([O-])O. The van der Waals surface area contributed by atoms with Gasteiger partial charge < -0.3 is 30.6 Å². The van der Waals surface area contributed by atoms with Gasteiger partial charge in [0.15, 0.2) is 0 Å². The number of fused-ring (bicyclic) bond motifs is 1. The molecule has 0 aliphatic rings. The molecule has 1 heterocycles. The second-order valence-corrected chi connectivity index (χ2v) is 5.70. The van der Waals surface area contributed by atoms with Crippen LogP contribution in [0.5, 0.6) is 5.75 Å². The molecule has 12 heteroatoms. The van der Waals surface area contributed by atoms with E-state index in [-0.39, 0.29) is 6.61 Å². The van der Waals surface area contributed by atoms with Crippen LogP contribution in [0.2, 0.25) is 0 Å². The van der Waals surface area contributed by atoms with Gasteiger partial charge in [0, 0.05) is 42.6 Å². The lowest BCUT2D eigenvalue weighted by molar-refractivity contribution is -0.742. The van der Waals surface area contributed by atoms with Crippen molar-refractivity contribution in [1.82, 2.24) is 4.98 Å². The Morgan fingerprint density at radius 1 is 1.16 bits per heavy atom. The molecule has 0 amide bonds. The number of hydrogen-bond donors (Lipinski definition) is 5. The second kappa shape index (κ2) is 15.9. The highest BCUT2D eigenvalue weighted by Gasteiger charge is 2.03. The van der Waals surface area contributed by atoms with Crippen molar-refractivity contribution < 1.29 is 39.9 Å². The molecular formula is C19H25N3O9. The molecule has 0 saturated heterocycles. The third kappa shape index (κ3) is 13.8. The van der Waals surface area contributed by atoms with Crippen molar-refractivity contribution in [1.29, 1.82) is 0 Å². The molecule has 0 saturated carbocycles. The van der Waals surface area contributed by atoms with E-state index in [1.165, 1.54) is 0 Å². The van der Waals surface area contributed by atoms with Crippen molar-refractivity contribution in [2.24, 2.45) is 0 Å². The fourth-order valence-corrected chi connectivity index (χ4v) is 2.19. The average molecular weight is 439 g/mol. The monoisotopic (exact) mass is 439 g/mol. The number of hydrogen-bond acceptors (Lipinski definition) is 8. The van der Waals surface area contributed by atoms with Gasteiger partial charge in [-0.25, -0.2) is 9.59 Å². The van der Waals surface area contributed by atoms with Crippen LogP contribution in [-0.4, -0.2) is 62.8 Å². The summed E-state index contributed by atoms with van der Waals surface area (Å²) in [5.41, 5.74) is 2.04. The molecule has 0 atom stereocenters. The number of nitrogens with zero attached hydrogens (tertiary/aromatic N) is 2. The number of carbonyl (C=O) groups is 2. The molecule has 0 unspecified atom stereocenters. The predicted octanol–water partition coefficient (Wildman–Crippen LogP) is 2.18. The fourth-order valence-electron chi connectivity index (χ4n) is 2.19. The number of aliphatic carboxylic acids is 2. The molecule has 31 heavy (non-hydrogen) atoms. The molecule has 2 aromatic rings. The van der Waals surface area contributed by atoms with Gasteiger partial charge in [0.2, 0.25) is 0 Å². The topological polar surface area (TPSA) is 192 Å². The number of nitrogens with one attached hydrogen (secondary N) is 1. The molecule has 1 aromatic heterocycles. The minimum Gasteiger partial charge on any atom is -0.497 e. The van der Waals surface area contributed by atoms with E-state index < -0.39 is 17.0 Å². The van der Waals surface area contributed by atoms with E-state index in [9.17, 15) is 9.59 Å². The summed E-state index contributed by atoms with van der Waals surface area (Å²) in [5.74, 6) is -1.68. The van der Waals surface area contributed by atoms with Crippen LogP contribution in [0.1, 0.15) is 19.3 Å². The molecule has 0 bridgehead atoms. The lowest BCUT2D eigenvalue weighted by Gasteiger charge is -2.10. The highest BCUT2D eigenvalue weighted by Crippen LogP contribution is 2.25. The maximum absolute atomic E-state index is 9.55. The van der Waals surface area contributed by atoms with Gasteiger partial charge in [0.25, 0.3) is 5.09 Å². The summed E-state index contributed by atoms with van der Waals surface area (Å²) in [7, 11) is 1.67. The van der Waals surface area contributed by atoms with Gasteiger partial charge in [0.05, 0.1) is 12.6 Å². The van der Waals surface area contributed by atoms with Crippen LogP contribution < -0.4 is 10.1 Å². The number of aliphatic hydroxyl groups excluding tert-OH is 1. The molecule has 0 aliphatic heterocycles. The van der Waals surface area contributed by atoms with E-state index in [0.29, 0.717) is 12.2 Å². The molecule has 1 aromatic carbocycles. The number of carboxylic acid groups (broad SMARTS) is 2. The first-order valence-corrected chi connectivity index (χ1v) is 8.96. The van der Waals surface area contributed by atoms with Gasteiger partial charge in [-0.2, -0.15) is 0 Å². The van der Waals surface area contributed by atoms with E-state index in [0.717, 1.165) is 48.1 Å². The van der Waals surface area contributed by atoms with Crippen molar-refractivity contribution in [2.75, 3.05) is 25.6 Å². The molecule has 0 spiro atoms. The van der Waals surface area contributed by atoms with Crippen LogP contribution in [0, 0.1) is 10.1 Å². The average Bonchev–Trinajstić information content (AvgIpc) is 2.72. The van der Waals surface area contributed by atoms with Crippen LogP contribution >= 0.6 is 0 Å². The fraction of sp³-hybridized carbons (Fsp3) is 0.316. The van der Waals surface area contributed by atoms with Crippen molar-refractivity contribution in [2.45, 2.75) is 19.3 Å². The maximum atomic E-state index is 9.55. The Balaban J connectivity index is 0.000000625.